The third-order valence-electron chi connectivity index (χ3n) is 3.86. The zero-order valence-corrected chi connectivity index (χ0v) is 12.2. The van der Waals surface area contributed by atoms with Crippen molar-refractivity contribution in [2.24, 2.45) is 11.8 Å². The first-order valence-electron chi connectivity index (χ1n) is 7.41. The van der Waals surface area contributed by atoms with Crippen LogP contribution in [-0.2, 0) is 0 Å². The van der Waals surface area contributed by atoms with E-state index < -0.39 is 0 Å². The molecule has 1 aliphatic heterocycles. The molecule has 2 heteroatoms. The van der Waals surface area contributed by atoms with Crippen molar-refractivity contribution in [1.29, 1.82) is 0 Å². The molecule has 1 fully saturated rings. The fourth-order valence-electron chi connectivity index (χ4n) is 3.29. The Morgan fingerprint density at radius 1 is 1.00 bits per heavy atom. The molecule has 1 rings (SSSR count). The van der Waals surface area contributed by atoms with E-state index in [-0.39, 0.29) is 0 Å². The van der Waals surface area contributed by atoms with Crippen molar-refractivity contribution in [2.45, 2.75) is 71.9 Å². The first-order chi connectivity index (χ1) is 8.04. The van der Waals surface area contributed by atoms with Crippen molar-refractivity contribution in [2.75, 3.05) is 13.2 Å². The monoisotopic (exact) mass is 241 g/mol. The molecule has 1 aliphatic rings. The van der Waals surface area contributed by atoms with Gasteiger partial charge in [0.05, 0.1) is 6.61 Å². The summed E-state index contributed by atoms with van der Waals surface area (Å²) in [4.78, 5) is 2.60. The van der Waals surface area contributed by atoms with Gasteiger partial charge in [-0.25, -0.2) is 0 Å². The van der Waals surface area contributed by atoms with E-state index in [4.69, 9.17) is 0 Å². The summed E-state index contributed by atoms with van der Waals surface area (Å²) in [6.07, 6.45) is 6.60. The minimum atomic E-state index is 0.309. The second-order valence-corrected chi connectivity index (χ2v) is 6.46. The Morgan fingerprint density at radius 2 is 1.47 bits per heavy atom. The van der Waals surface area contributed by atoms with Crippen LogP contribution in [0.25, 0.3) is 0 Å². The van der Waals surface area contributed by atoms with Crippen LogP contribution in [0, 0.1) is 11.8 Å². The molecule has 0 bridgehead atoms. The predicted molar refractivity (Wildman–Crippen MR) is 74.1 cm³/mol. The third-order valence-corrected chi connectivity index (χ3v) is 3.86. The molecule has 102 valence electrons. The summed E-state index contributed by atoms with van der Waals surface area (Å²) in [7, 11) is 0. The van der Waals surface area contributed by atoms with Gasteiger partial charge in [0.1, 0.15) is 0 Å². The predicted octanol–water partition coefficient (Wildman–Crippen LogP) is 3.29. The average molecular weight is 241 g/mol. The summed E-state index contributed by atoms with van der Waals surface area (Å²) in [5.41, 5.74) is 0. The zero-order chi connectivity index (χ0) is 12.8. The molecule has 1 saturated heterocycles. The number of aliphatic hydroxyl groups is 1. The number of rotatable bonds is 6. The Bertz CT molecular complexity index is 185. The van der Waals surface area contributed by atoms with E-state index in [9.17, 15) is 5.11 Å². The molecule has 1 N–H and O–H groups in total. The van der Waals surface area contributed by atoms with E-state index in [2.05, 4.69) is 32.6 Å². The highest BCUT2D eigenvalue weighted by Gasteiger charge is 2.30. The van der Waals surface area contributed by atoms with Crippen molar-refractivity contribution in [1.82, 2.24) is 4.90 Å². The van der Waals surface area contributed by atoms with E-state index in [1.165, 1.54) is 32.1 Å². The summed E-state index contributed by atoms with van der Waals surface area (Å²) in [5.74, 6) is 1.53. The van der Waals surface area contributed by atoms with E-state index in [0.717, 1.165) is 18.4 Å². The van der Waals surface area contributed by atoms with Gasteiger partial charge in [0.25, 0.3) is 0 Å². The van der Waals surface area contributed by atoms with Crippen LogP contribution in [0.15, 0.2) is 0 Å². The van der Waals surface area contributed by atoms with Crippen LogP contribution in [0.4, 0.5) is 0 Å². The minimum absolute atomic E-state index is 0.309. The fraction of sp³-hybridized carbons (Fsp3) is 1.00. The second kappa shape index (κ2) is 7.38. The van der Waals surface area contributed by atoms with Gasteiger partial charge in [-0.15, -0.1) is 0 Å². The van der Waals surface area contributed by atoms with Crippen molar-refractivity contribution in [3.63, 3.8) is 0 Å². The van der Waals surface area contributed by atoms with Gasteiger partial charge < -0.3 is 5.11 Å². The van der Waals surface area contributed by atoms with Crippen LogP contribution in [0.2, 0.25) is 0 Å². The van der Waals surface area contributed by atoms with Crippen LogP contribution in [0.1, 0.15) is 59.8 Å². The van der Waals surface area contributed by atoms with Crippen molar-refractivity contribution in [3.8, 4) is 0 Å². The Hall–Kier alpha value is -0.0800. The summed E-state index contributed by atoms with van der Waals surface area (Å²) < 4.78 is 0. The van der Waals surface area contributed by atoms with Crippen LogP contribution >= 0.6 is 0 Å². The Kier molecular flexibility index (Phi) is 6.50. The maximum atomic E-state index is 9.28. The first kappa shape index (κ1) is 15.0. The normalized spacial score (nSPS) is 27.0. The highest BCUT2D eigenvalue weighted by Crippen LogP contribution is 2.30. The number of hydrogen-bond acceptors (Lipinski definition) is 2. The topological polar surface area (TPSA) is 23.5 Å². The lowest BCUT2D eigenvalue weighted by Crippen LogP contribution is -2.48. The number of aliphatic hydroxyl groups excluding tert-OH is 1. The Morgan fingerprint density at radius 3 is 1.82 bits per heavy atom. The van der Waals surface area contributed by atoms with Crippen molar-refractivity contribution < 1.29 is 5.11 Å². The number of nitrogens with zero attached hydrogens (tertiary/aromatic N) is 1. The summed E-state index contributed by atoms with van der Waals surface area (Å²) >= 11 is 0. The van der Waals surface area contributed by atoms with Gasteiger partial charge >= 0.3 is 0 Å². The Labute approximate surface area is 107 Å². The van der Waals surface area contributed by atoms with E-state index in [0.29, 0.717) is 18.7 Å². The van der Waals surface area contributed by atoms with E-state index >= 15 is 0 Å². The average Bonchev–Trinajstić information content (AvgIpc) is 2.21. The molecule has 0 saturated carbocycles. The van der Waals surface area contributed by atoms with Gasteiger partial charge in [-0.2, -0.15) is 0 Å². The quantitative estimate of drug-likeness (QED) is 0.771. The first-order valence-corrected chi connectivity index (χ1v) is 7.41. The standard InChI is InChI=1S/C15H31NO/c1-12(2)10-14-6-5-7-15(11-13(3)4)16(14)8-9-17/h12-15,17H,5-11H2,1-4H3/t14-,15+. The smallest absolute Gasteiger partial charge is 0.0558 e. The molecule has 2 nitrogen and oxygen atoms in total. The minimum Gasteiger partial charge on any atom is -0.395 e. The SMILES string of the molecule is CC(C)C[C@H]1CCC[C@@H](CC(C)C)N1CCO. The molecule has 0 aromatic carbocycles. The summed E-state index contributed by atoms with van der Waals surface area (Å²) in [6, 6.07) is 1.42. The van der Waals surface area contributed by atoms with Gasteiger partial charge in [-0.1, -0.05) is 34.1 Å². The van der Waals surface area contributed by atoms with Crippen LogP contribution in [-0.4, -0.2) is 35.2 Å². The fourth-order valence-corrected chi connectivity index (χ4v) is 3.29. The maximum absolute atomic E-state index is 9.28. The molecule has 0 unspecified atom stereocenters. The van der Waals surface area contributed by atoms with Gasteiger partial charge in [0, 0.05) is 18.6 Å². The van der Waals surface area contributed by atoms with E-state index in [1.807, 2.05) is 0 Å². The summed E-state index contributed by atoms with van der Waals surface area (Å²) in [5, 5.41) is 9.28. The lowest BCUT2D eigenvalue weighted by atomic mass is 9.87. The number of likely N-dealkylation sites (tertiary alicyclic amines) is 1. The summed E-state index contributed by atoms with van der Waals surface area (Å²) in [6.45, 7) is 10.4. The molecule has 0 spiro atoms. The van der Waals surface area contributed by atoms with Crippen molar-refractivity contribution >= 4 is 0 Å². The Balaban J connectivity index is 2.62. The molecule has 0 aromatic heterocycles. The van der Waals surface area contributed by atoms with Crippen LogP contribution in [0.5, 0.6) is 0 Å². The van der Waals surface area contributed by atoms with Gasteiger partial charge in [-0.3, -0.25) is 4.90 Å². The molecular weight excluding hydrogens is 210 g/mol. The molecule has 2 atom stereocenters. The highest BCUT2D eigenvalue weighted by atomic mass is 16.3. The van der Waals surface area contributed by atoms with Gasteiger partial charge in [0.15, 0.2) is 0 Å². The second-order valence-electron chi connectivity index (χ2n) is 6.46. The molecule has 0 aliphatic carbocycles. The molecule has 0 amide bonds. The number of piperidine rings is 1. The zero-order valence-electron chi connectivity index (χ0n) is 12.2. The van der Waals surface area contributed by atoms with Gasteiger partial charge in [0.2, 0.25) is 0 Å². The van der Waals surface area contributed by atoms with Crippen LogP contribution < -0.4 is 0 Å². The van der Waals surface area contributed by atoms with Crippen molar-refractivity contribution in [3.05, 3.63) is 0 Å². The van der Waals surface area contributed by atoms with E-state index in [1.54, 1.807) is 0 Å². The lowest BCUT2D eigenvalue weighted by molar-refractivity contribution is 0.0424. The molecule has 17 heavy (non-hydrogen) atoms. The molecule has 1 heterocycles. The van der Waals surface area contributed by atoms with Crippen LogP contribution in [0.3, 0.4) is 0 Å². The number of β-amino-alcohol motifs (C(OH)–C–C–N with tert-alkyl or cyclic N) is 1. The van der Waals surface area contributed by atoms with Gasteiger partial charge in [-0.05, 0) is 37.5 Å². The maximum Gasteiger partial charge on any atom is 0.0558 e. The molecule has 0 aromatic rings. The third kappa shape index (κ3) is 4.97. The largest absolute Gasteiger partial charge is 0.395 e. The highest BCUT2D eigenvalue weighted by molar-refractivity contribution is 4.85. The molecular formula is C15H31NO. The number of hydrogen-bond donors (Lipinski definition) is 1. The molecule has 0 radical (unpaired) electrons. The lowest BCUT2D eigenvalue weighted by Gasteiger charge is -2.43.